The number of rotatable bonds is 4. The first-order valence-corrected chi connectivity index (χ1v) is 10.0. The molecule has 4 rings (SSSR count). The van der Waals surface area contributed by atoms with Gasteiger partial charge in [-0.1, -0.05) is 32.1 Å². The lowest BCUT2D eigenvalue weighted by molar-refractivity contribution is -0.132. The summed E-state index contributed by atoms with van der Waals surface area (Å²) < 4.78 is 2.32. The second-order valence-corrected chi connectivity index (χ2v) is 7.87. The summed E-state index contributed by atoms with van der Waals surface area (Å²) >= 11 is 0. The summed E-state index contributed by atoms with van der Waals surface area (Å²) in [7, 11) is 0. The van der Waals surface area contributed by atoms with Crippen LogP contribution in [0.5, 0.6) is 0 Å². The summed E-state index contributed by atoms with van der Waals surface area (Å²) in [5.41, 5.74) is 0. The number of carbonyl (C=O) groups is 1. The van der Waals surface area contributed by atoms with E-state index in [0.29, 0.717) is 5.91 Å². The first-order chi connectivity index (χ1) is 11.8. The Morgan fingerprint density at radius 2 is 1.83 bits per heavy atom. The second kappa shape index (κ2) is 7.24. The van der Waals surface area contributed by atoms with E-state index in [9.17, 15) is 4.79 Å². The van der Waals surface area contributed by atoms with Gasteiger partial charge < -0.3 is 9.47 Å². The van der Waals surface area contributed by atoms with Gasteiger partial charge in [0.2, 0.25) is 5.91 Å². The van der Waals surface area contributed by atoms with Crippen LogP contribution in [0, 0.1) is 5.92 Å². The summed E-state index contributed by atoms with van der Waals surface area (Å²) in [6, 6.07) is 0.167. The van der Waals surface area contributed by atoms with Gasteiger partial charge in [-0.3, -0.25) is 4.79 Å². The van der Waals surface area contributed by atoms with Crippen molar-refractivity contribution in [2.75, 3.05) is 6.54 Å². The Labute approximate surface area is 144 Å². The van der Waals surface area contributed by atoms with Crippen LogP contribution in [0.2, 0.25) is 0 Å². The zero-order valence-electron chi connectivity index (χ0n) is 14.8. The molecule has 0 radical (unpaired) electrons. The first-order valence-electron chi connectivity index (χ1n) is 10.0. The highest BCUT2D eigenvalue weighted by atomic mass is 16.2. The van der Waals surface area contributed by atoms with E-state index < -0.39 is 0 Å². The molecule has 5 nitrogen and oxygen atoms in total. The van der Waals surface area contributed by atoms with Gasteiger partial charge in [0.25, 0.3) is 0 Å². The van der Waals surface area contributed by atoms with E-state index in [2.05, 4.69) is 19.7 Å². The lowest BCUT2D eigenvalue weighted by Gasteiger charge is -2.25. The third-order valence-corrected chi connectivity index (χ3v) is 6.25. The number of aromatic nitrogens is 3. The van der Waals surface area contributed by atoms with E-state index in [4.69, 9.17) is 0 Å². The van der Waals surface area contributed by atoms with Crippen molar-refractivity contribution in [2.45, 2.75) is 89.6 Å². The normalized spacial score (nSPS) is 25.0. The van der Waals surface area contributed by atoms with E-state index in [-0.39, 0.29) is 6.04 Å². The number of amides is 1. The van der Waals surface area contributed by atoms with E-state index in [0.717, 1.165) is 62.8 Å². The fraction of sp³-hybridized carbons (Fsp3) is 0.842. The zero-order valence-corrected chi connectivity index (χ0v) is 14.8. The third-order valence-electron chi connectivity index (χ3n) is 6.25. The van der Waals surface area contributed by atoms with Gasteiger partial charge in [0.15, 0.2) is 5.82 Å². The van der Waals surface area contributed by atoms with Crippen molar-refractivity contribution >= 4 is 5.91 Å². The molecule has 0 unspecified atom stereocenters. The van der Waals surface area contributed by atoms with Crippen LogP contribution in [-0.2, 0) is 17.8 Å². The maximum absolute atomic E-state index is 12.8. The highest BCUT2D eigenvalue weighted by molar-refractivity contribution is 5.76. The molecule has 1 aromatic rings. The summed E-state index contributed by atoms with van der Waals surface area (Å²) in [6.45, 7) is 1.93. The fourth-order valence-corrected chi connectivity index (χ4v) is 4.86. The molecule has 24 heavy (non-hydrogen) atoms. The lowest BCUT2D eigenvalue weighted by atomic mass is 10.0. The predicted molar refractivity (Wildman–Crippen MR) is 92.5 cm³/mol. The Hall–Kier alpha value is -1.39. The number of aryl methyl sites for hydroxylation is 1. The maximum Gasteiger partial charge on any atom is 0.223 e. The number of carbonyl (C=O) groups excluding carboxylic acids is 1. The molecule has 2 fully saturated rings. The Morgan fingerprint density at radius 1 is 0.958 bits per heavy atom. The molecule has 1 saturated heterocycles. The molecule has 0 bridgehead atoms. The first kappa shape index (κ1) is 16.1. The quantitative estimate of drug-likeness (QED) is 0.847. The molecule has 5 heteroatoms. The standard InChI is InChI=1S/C19H30N4O/c24-18(12-11-15-7-3-4-8-15)22-14-6-9-16(22)19-21-20-17-10-2-1-5-13-23(17)19/h15-16H,1-14H2/t16-/m0/s1. The minimum atomic E-state index is 0.167. The summed E-state index contributed by atoms with van der Waals surface area (Å²) in [6.07, 6.45) is 14.1. The highest BCUT2D eigenvalue weighted by Crippen LogP contribution is 2.34. The molecule has 2 aliphatic heterocycles. The molecule has 0 spiro atoms. The minimum Gasteiger partial charge on any atom is -0.332 e. The second-order valence-electron chi connectivity index (χ2n) is 7.87. The zero-order chi connectivity index (χ0) is 16.4. The van der Waals surface area contributed by atoms with Crippen LogP contribution < -0.4 is 0 Å². The van der Waals surface area contributed by atoms with Crippen LogP contribution in [0.25, 0.3) is 0 Å². The Bertz CT molecular complexity index is 576. The van der Waals surface area contributed by atoms with E-state index in [1.807, 2.05) is 0 Å². The third kappa shape index (κ3) is 3.22. The number of nitrogens with zero attached hydrogens (tertiary/aromatic N) is 4. The Morgan fingerprint density at radius 3 is 2.71 bits per heavy atom. The smallest absolute Gasteiger partial charge is 0.223 e. The molecule has 1 atom stereocenters. The van der Waals surface area contributed by atoms with E-state index in [1.54, 1.807) is 0 Å². The van der Waals surface area contributed by atoms with Crippen LogP contribution in [0.1, 0.15) is 88.3 Å². The molecule has 132 valence electrons. The van der Waals surface area contributed by atoms with E-state index in [1.165, 1.54) is 44.9 Å². The van der Waals surface area contributed by atoms with Gasteiger partial charge in [0.1, 0.15) is 5.82 Å². The summed E-state index contributed by atoms with van der Waals surface area (Å²) in [4.78, 5) is 14.9. The number of fused-ring (bicyclic) bond motifs is 1. The number of hydrogen-bond donors (Lipinski definition) is 0. The van der Waals surface area contributed by atoms with Crippen LogP contribution >= 0.6 is 0 Å². The van der Waals surface area contributed by atoms with Crippen molar-refractivity contribution in [2.24, 2.45) is 5.92 Å². The molecule has 0 aromatic carbocycles. The topological polar surface area (TPSA) is 51.0 Å². The Kier molecular flexibility index (Phi) is 4.86. The van der Waals surface area contributed by atoms with Crippen molar-refractivity contribution in [1.82, 2.24) is 19.7 Å². The summed E-state index contributed by atoms with van der Waals surface area (Å²) in [5, 5.41) is 8.95. The van der Waals surface area contributed by atoms with Gasteiger partial charge in [0.05, 0.1) is 6.04 Å². The van der Waals surface area contributed by atoms with Crippen molar-refractivity contribution in [3.05, 3.63) is 11.6 Å². The van der Waals surface area contributed by atoms with Crippen LogP contribution in [0.15, 0.2) is 0 Å². The van der Waals surface area contributed by atoms with Crippen LogP contribution in [0.4, 0.5) is 0 Å². The average Bonchev–Trinajstić information content (AvgIpc) is 3.31. The maximum atomic E-state index is 12.8. The molecule has 3 heterocycles. The average molecular weight is 330 g/mol. The molecule has 3 aliphatic rings. The van der Waals surface area contributed by atoms with Gasteiger partial charge in [-0.15, -0.1) is 10.2 Å². The molecular formula is C19H30N4O. The van der Waals surface area contributed by atoms with Gasteiger partial charge in [-0.25, -0.2) is 0 Å². The molecule has 1 aromatic heterocycles. The highest BCUT2D eigenvalue weighted by Gasteiger charge is 2.34. The number of hydrogen-bond acceptors (Lipinski definition) is 3. The van der Waals surface area contributed by atoms with Gasteiger partial charge in [0, 0.05) is 25.9 Å². The molecule has 1 saturated carbocycles. The number of likely N-dealkylation sites (tertiary alicyclic amines) is 1. The van der Waals surface area contributed by atoms with Gasteiger partial charge >= 0.3 is 0 Å². The minimum absolute atomic E-state index is 0.167. The Balaban J connectivity index is 1.44. The molecule has 0 N–H and O–H groups in total. The summed E-state index contributed by atoms with van der Waals surface area (Å²) in [5.74, 6) is 3.32. The monoisotopic (exact) mass is 330 g/mol. The van der Waals surface area contributed by atoms with Gasteiger partial charge in [-0.05, 0) is 38.0 Å². The molecular weight excluding hydrogens is 300 g/mol. The van der Waals surface area contributed by atoms with E-state index >= 15 is 0 Å². The van der Waals surface area contributed by atoms with Crippen LogP contribution in [-0.4, -0.2) is 32.1 Å². The predicted octanol–water partition coefficient (Wildman–Crippen LogP) is 3.64. The fourth-order valence-electron chi connectivity index (χ4n) is 4.86. The van der Waals surface area contributed by atoms with Crippen LogP contribution in [0.3, 0.4) is 0 Å². The molecule has 1 amide bonds. The van der Waals surface area contributed by atoms with Crippen molar-refractivity contribution in [3.8, 4) is 0 Å². The van der Waals surface area contributed by atoms with Crippen molar-refractivity contribution in [1.29, 1.82) is 0 Å². The lowest BCUT2D eigenvalue weighted by Crippen LogP contribution is -2.32. The van der Waals surface area contributed by atoms with Gasteiger partial charge in [-0.2, -0.15) is 0 Å². The van der Waals surface area contributed by atoms with Crippen molar-refractivity contribution in [3.63, 3.8) is 0 Å². The van der Waals surface area contributed by atoms with Crippen molar-refractivity contribution < 1.29 is 4.79 Å². The SMILES string of the molecule is O=C(CCC1CCCC1)N1CCC[C@H]1c1nnc2n1CCCCC2. The molecule has 1 aliphatic carbocycles. The largest absolute Gasteiger partial charge is 0.332 e.